The summed E-state index contributed by atoms with van der Waals surface area (Å²) in [6, 6.07) is 11.7. The van der Waals surface area contributed by atoms with Gasteiger partial charge >= 0.3 is 5.97 Å². The van der Waals surface area contributed by atoms with Crippen molar-refractivity contribution < 1.29 is 17.9 Å². The molecule has 0 bridgehead atoms. The molecule has 6 nitrogen and oxygen atoms in total. The molecular formula is C15H12N2O4S2. The van der Waals surface area contributed by atoms with E-state index in [0.717, 1.165) is 16.9 Å². The summed E-state index contributed by atoms with van der Waals surface area (Å²) in [6.07, 6.45) is 1.42. The average Bonchev–Trinajstić information content (AvgIpc) is 3.08. The summed E-state index contributed by atoms with van der Waals surface area (Å²) >= 11 is 0.876. The molecule has 23 heavy (non-hydrogen) atoms. The summed E-state index contributed by atoms with van der Waals surface area (Å²) in [4.78, 5) is 12.0. The molecule has 8 heteroatoms. The van der Waals surface area contributed by atoms with Crippen molar-refractivity contribution in [3.05, 3.63) is 54.2 Å². The number of hydrogen-bond acceptors (Lipinski definition) is 6. The first kappa shape index (κ1) is 15.4. The first-order valence-corrected chi connectivity index (χ1v) is 8.81. The van der Waals surface area contributed by atoms with E-state index in [0.29, 0.717) is 10.9 Å². The molecule has 0 unspecified atom stereocenters. The van der Waals surface area contributed by atoms with E-state index in [4.69, 9.17) is 4.74 Å². The predicted molar refractivity (Wildman–Crippen MR) is 88.2 cm³/mol. The molecule has 0 fully saturated rings. The van der Waals surface area contributed by atoms with Crippen molar-refractivity contribution in [2.45, 2.75) is 4.21 Å². The zero-order valence-electron chi connectivity index (χ0n) is 12.0. The molecule has 0 spiro atoms. The van der Waals surface area contributed by atoms with Gasteiger partial charge in [-0.15, -0.1) is 0 Å². The van der Waals surface area contributed by atoms with E-state index >= 15 is 0 Å². The van der Waals surface area contributed by atoms with Gasteiger partial charge in [0.25, 0.3) is 10.0 Å². The van der Waals surface area contributed by atoms with Gasteiger partial charge in [-0.25, -0.2) is 13.2 Å². The Morgan fingerprint density at radius 3 is 2.70 bits per heavy atom. The maximum atomic E-state index is 12.3. The van der Waals surface area contributed by atoms with Crippen LogP contribution in [-0.2, 0) is 14.8 Å². The maximum Gasteiger partial charge on any atom is 0.338 e. The SMILES string of the molecule is COC(=O)c1cc(NS(=O)(=O)c2ccns2)cc2ccccc12. The van der Waals surface area contributed by atoms with Gasteiger partial charge in [0.05, 0.1) is 18.4 Å². The average molecular weight is 348 g/mol. The molecule has 1 N–H and O–H groups in total. The number of carbonyl (C=O) groups excluding carboxylic acids is 1. The summed E-state index contributed by atoms with van der Waals surface area (Å²) in [5.41, 5.74) is 0.588. The number of aromatic nitrogens is 1. The van der Waals surface area contributed by atoms with Crippen molar-refractivity contribution >= 4 is 44.0 Å². The zero-order valence-corrected chi connectivity index (χ0v) is 13.6. The van der Waals surface area contributed by atoms with Crippen LogP contribution in [0.2, 0.25) is 0 Å². The van der Waals surface area contributed by atoms with Crippen LogP contribution in [-0.4, -0.2) is 25.9 Å². The summed E-state index contributed by atoms with van der Waals surface area (Å²) in [5, 5.41) is 1.43. The monoisotopic (exact) mass is 348 g/mol. The Bertz CT molecular complexity index is 966. The van der Waals surface area contributed by atoms with Crippen LogP contribution in [0.3, 0.4) is 0 Å². The van der Waals surface area contributed by atoms with Crippen molar-refractivity contribution in [2.24, 2.45) is 0 Å². The highest BCUT2D eigenvalue weighted by Gasteiger charge is 2.18. The van der Waals surface area contributed by atoms with Gasteiger partial charge in [0.1, 0.15) is 0 Å². The van der Waals surface area contributed by atoms with E-state index in [1.165, 1.54) is 25.4 Å². The first-order chi connectivity index (χ1) is 11.0. The minimum absolute atomic E-state index is 0.102. The normalized spacial score (nSPS) is 11.3. The van der Waals surface area contributed by atoms with E-state index in [1.54, 1.807) is 24.3 Å². The molecule has 0 aliphatic carbocycles. The van der Waals surface area contributed by atoms with Gasteiger partial charge in [-0.2, -0.15) is 4.37 Å². The Balaban J connectivity index is 2.10. The van der Waals surface area contributed by atoms with Crippen molar-refractivity contribution in [1.82, 2.24) is 4.37 Å². The Labute approximate surface area is 136 Å². The number of hydrogen-bond donors (Lipinski definition) is 1. The van der Waals surface area contributed by atoms with Crippen LogP contribution in [0.4, 0.5) is 5.69 Å². The van der Waals surface area contributed by atoms with Crippen LogP contribution in [0.15, 0.2) is 52.9 Å². The zero-order chi connectivity index (χ0) is 16.4. The van der Waals surface area contributed by atoms with Crippen molar-refractivity contribution in [1.29, 1.82) is 0 Å². The lowest BCUT2D eigenvalue weighted by Gasteiger charge is -2.10. The van der Waals surface area contributed by atoms with Crippen molar-refractivity contribution in [2.75, 3.05) is 11.8 Å². The molecule has 0 amide bonds. The third-order valence-corrected chi connectivity index (χ3v) is 5.79. The van der Waals surface area contributed by atoms with E-state index in [2.05, 4.69) is 9.10 Å². The molecule has 2 aromatic carbocycles. The Hall–Kier alpha value is -2.45. The van der Waals surface area contributed by atoms with Crippen LogP contribution in [0, 0.1) is 0 Å². The van der Waals surface area contributed by atoms with Gasteiger partial charge < -0.3 is 4.74 Å². The van der Waals surface area contributed by atoms with Gasteiger partial charge in [-0.05, 0) is 40.5 Å². The van der Waals surface area contributed by atoms with E-state index < -0.39 is 16.0 Å². The first-order valence-electron chi connectivity index (χ1n) is 6.56. The van der Waals surface area contributed by atoms with Gasteiger partial charge in [0, 0.05) is 6.20 Å². The third-order valence-electron chi connectivity index (χ3n) is 3.20. The van der Waals surface area contributed by atoms with Gasteiger partial charge in [-0.1, -0.05) is 24.3 Å². The summed E-state index contributed by atoms with van der Waals surface area (Å²) in [6.45, 7) is 0. The van der Waals surface area contributed by atoms with E-state index in [1.807, 2.05) is 6.07 Å². The molecule has 118 valence electrons. The summed E-state index contributed by atoms with van der Waals surface area (Å²) in [5.74, 6) is -0.528. The fraction of sp³-hybridized carbons (Fsp3) is 0.0667. The molecule has 0 saturated carbocycles. The highest BCUT2D eigenvalue weighted by Crippen LogP contribution is 2.27. The highest BCUT2D eigenvalue weighted by atomic mass is 32.2. The Morgan fingerprint density at radius 2 is 2.00 bits per heavy atom. The van der Waals surface area contributed by atoms with Crippen LogP contribution in [0.1, 0.15) is 10.4 Å². The second kappa shape index (κ2) is 5.98. The second-order valence-corrected chi connectivity index (χ2v) is 7.42. The molecule has 0 saturated heterocycles. The molecule has 1 heterocycles. The smallest absolute Gasteiger partial charge is 0.338 e. The number of sulfonamides is 1. The molecular weight excluding hydrogens is 336 g/mol. The van der Waals surface area contributed by atoms with E-state index in [-0.39, 0.29) is 9.90 Å². The summed E-state index contributed by atoms with van der Waals surface area (Å²) < 4.78 is 35.7. The highest BCUT2D eigenvalue weighted by molar-refractivity contribution is 7.94. The number of rotatable bonds is 4. The molecule has 0 radical (unpaired) electrons. The van der Waals surface area contributed by atoms with Gasteiger partial charge in [-0.3, -0.25) is 4.72 Å². The lowest BCUT2D eigenvalue weighted by atomic mass is 10.0. The van der Waals surface area contributed by atoms with Crippen LogP contribution < -0.4 is 4.72 Å². The third kappa shape index (κ3) is 3.03. The number of benzene rings is 2. The quantitative estimate of drug-likeness (QED) is 0.733. The number of anilines is 1. The lowest BCUT2D eigenvalue weighted by Crippen LogP contribution is -2.12. The molecule has 1 aromatic heterocycles. The predicted octanol–water partition coefficient (Wildman–Crippen LogP) is 2.88. The molecule has 0 aliphatic rings. The lowest BCUT2D eigenvalue weighted by molar-refractivity contribution is 0.0603. The number of esters is 1. The van der Waals surface area contributed by atoms with Crippen molar-refractivity contribution in [3.63, 3.8) is 0 Å². The minimum Gasteiger partial charge on any atom is -0.465 e. The number of nitrogens with one attached hydrogen (secondary N) is 1. The topological polar surface area (TPSA) is 85.4 Å². The molecule has 0 aliphatic heterocycles. The van der Waals surface area contributed by atoms with Crippen molar-refractivity contribution in [3.8, 4) is 0 Å². The fourth-order valence-corrected chi connectivity index (χ4v) is 3.96. The molecule has 3 rings (SSSR count). The number of methoxy groups -OCH3 is 1. The van der Waals surface area contributed by atoms with Gasteiger partial charge in [0.15, 0.2) is 4.21 Å². The van der Waals surface area contributed by atoms with Crippen LogP contribution in [0.5, 0.6) is 0 Å². The van der Waals surface area contributed by atoms with Crippen LogP contribution in [0.25, 0.3) is 10.8 Å². The Morgan fingerprint density at radius 1 is 1.22 bits per heavy atom. The maximum absolute atomic E-state index is 12.3. The Kier molecular flexibility index (Phi) is 4.01. The fourth-order valence-electron chi connectivity index (χ4n) is 2.20. The second-order valence-electron chi connectivity index (χ2n) is 4.67. The molecule has 0 atom stereocenters. The number of ether oxygens (including phenoxy) is 1. The van der Waals surface area contributed by atoms with Crippen LogP contribution >= 0.6 is 11.5 Å². The molecule has 3 aromatic rings. The van der Waals surface area contributed by atoms with Gasteiger partial charge in [0.2, 0.25) is 0 Å². The number of fused-ring (bicyclic) bond motifs is 1. The standard InChI is InChI=1S/C15H12N2O4S2/c1-21-15(18)13-9-11(8-10-4-2-3-5-12(10)13)17-23(19,20)14-6-7-16-22-14/h2-9,17H,1H3. The minimum atomic E-state index is -3.73. The largest absolute Gasteiger partial charge is 0.465 e. The summed E-state index contributed by atoms with van der Waals surface area (Å²) in [7, 11) is -2.45. The van der Waals surface area contributed by atoms with E-state index in [9.17, 15) is 13.2 Å². The number of carbonyl (C=O) groups is 1. The number of nitrogens with zero attached hydrogens (tertiary/aromatic N) is 1.